The number of amides is 1. The summed E-state index contributed by atoms with van der Waals surface area (Å²) in [6.07, 6.45) is 7.19. The number of aliphatic imine (C=N–C) groups is 1. The monoisotopic (exact) mass is 326 g/mol. The summed E-state index contributed by atoms with van der Waals surface area (Å²) in [6.45, 7) is 2.03. The van der Waals surface area contributed by atoms with Crippen molar-refractivity contribution in [3.8, 4) is 0 Å². The highest BCUT2D eigenvalue weighted by Gasteiger charge is 2.34. The number of esters is 1. The topological polar surface area (TPSA) is 59.0 Å². The Morgan fingerprint density at radius 3 is 3.00 bits per heavy atom. The lowest BCUT2D eigenvalue weighted by Gasteiger charge is -2.30. The lowest BCUT2D eigenvalue weighted by Crippen LogP contribution is -2.46. The normalized spacial score (nSPS) is 19.4. The van der Waals surface area contributed by atoms with E-state index in [1.807, 2.05) is 12.2 Å². The molecule has 1 aliphatic heterocycles. The third-order valence-electron chi connectivity index (χ3n) is 3.52. The zero-order valence-electron chi connectivity index (χ0n) is 12.4. The molecule has 3 rings (SSSR count). The highest BCUT2D eigenvalue weighted by Crippen LogP contribution is 2.26. The molecule has 23 heavy (non-hydrogen) atoms. The Balaban J connectivity index is 1.97. The maximum absolute atomic E-state index is 12.7. The molecule has 1 heterocycles. The van der Waals surface area contributed by atoms with Crippen LogP contribution in [0.3, 0.4) is 0 Å². The molecule has 0 bridgehead atoms. The van der Waals surface area contributed by atoms with Crippen molar-refractivity contribution in [1.82, 2.24) is 0 Å². The van der Waals surface area contributed by atoms with Gasteiger partial charge in [-0.3, -0.25) is 9.69 Å². The summed E-state index contributed by atoms with van der Waals surface area (Å²) in [5, 5.41) is 0.169. The Bertz CT molecular complexity index is 780. The van der Waals surface area contributed by atoms with E-state index in [9.17, 15) is 9.59 Å². The Hall–Kier alpha value is -2.60. The number of hydrogen-bond acceptors (Lipinski definition) is 4. The molecule has 0 radical (unpaired) electrons. The van der Waals surface area contributed by atoms with Crippen molar-refractivity contribution in [2.24, 2.45) is 10.9 Å². The lowest BCUT2D eigenvalue weighted by atomic mass is 9.95. The molecule has 1 atom stereocenters. The van der Waals surface area contributed by atoms with Crippen LogP contribution in [0.25, 0.3) is 0 Å². The first kappa shape index (κ1) is 15.3. The largest absolute Gasteiger partial charge is 0.462 e. The van der Waals surface area contributed by atoms with E-state index in [-0.39, 0.29) is 17.6 Å². The molecule has 0 aromatic heterocycles. The van der Waals surface area contributed by atoms with Gasteiger partial charge in [0.2, 0.25) is 11.0 Å². The van der Waals surface area contributed by atoms with E-state index in [0.29, 0.717) is 17.0 Å². The predicted octanol–water partition coefficient (Wildman–Crippen LogP) is 2.68. The van der Waals surface area contributed by atoms with Gasteiger partial charge in [0.05, 0.1) is 29.5 Å². The quantitative estimate of drug-likeness (QED) is 0.633. The molecule has 2 aliphatic rings. The summed E-state index contributed by atoms with van der Waals surface area (Å²) in [5.41, 5.74) is 1.52. The summed E-state index contributed by atoms with van der Waals surface area (Å²) in [7, 11) is 0. The van der Waals surface area contributed by atoms with E-state index in [1.165, 1.54) is 4.90 Å². The molecule has 0 N–H and O–H groups in total. The molecule has 0 fully saturated rings. The fraction of sp³-hybridized carbons (Fsp3) is 0.176. The Labute approximate surface area is 139 Å². The van der Waals surface area contributed by atoms with E-state index in [0.717, 1.165) is 0 Å². The first-order valence-corrected chi connectivity index (χ1v) is 7.61. The fourth-order valence-corrected chi connectivity index (χ4v) is 2.77. The van der Waals surface area contributed by atoms with Crippen LogP contribution in [0.2, 0.25) is 0 Å². The predicted molar refractivity (Wildman–Crippen MR) is 91.7 cm³/mol. The summed E-state index contributed by atoms with van der Waals surface area (Å²) in [4.78, 5) is 30.3. The van der Waals surface area contributed by atoms with Crippen molar-refractivity contribution in [3.63, 3.8) is 0 Å². The number of thiocarbonyl (C=S) groups is 1. The van der Waals surface area contributed by atoms with Gasteiger partial charge in [-0.25, -0.2) is 9.79 Å². The summed E-state index contributed by atoms with van der Waals surface area (Å²) < 4.78 is 4.99. The maximum Gasteiger partial charge on any atom is 0.338 e. The van der Waals surface area contributed by atoms with E-state index < -0.39 is 11.9 Å². The number of ether oxygens (including phenoxy) is 1. The second-order valence-electron chi connectivity index (χ2n) is 4.99. The highest BCUT2D eigenvalue weighted by atomic mass is 32.1. The number of carbonyl (C=O) groups is 2. The van der Waals surface area contributed by atoms with Gasteiger partial charge in [0.25, 0.3) is 0 Å². The van der Waals surface area contributed by atoms with E-state index in [2.05, 4.69) is 4.99 Å². The third-order valence-corrected chi connectivity index (χ3v) is 3.79. The number of anilines is 1. The van der Waals surface area contributed by atoms with Crippen LogP contribution in [0.5, 0.6) is 0 Å². The number of nitrogens with zero attached hydrogens (tertiary/aromatic N) is 2. The van der Waals surface area contributed by atoms with Gasteiger partial charge in [0.1, 0.15) is 0 Å². The van der Waals surface area contributed by atoms with Crippen LogP contribution in [0.15, 0.2) is 53.6 Å². The molecule has 5 nitrogen and oxygen atoms in total. The first-order chi connectivity index (χ1) is 11.1. The van der Waals surface area contributed by atoms with Crippen LogP contribution in [0.1, 0.15) is 17.3 Å². The molecule has 1 aliphatic carbocycles. The molecule has 1 aromatic rings. The molecule has 0 saturated heterocycles. The SMILES string of the molecule is CCOC(=O)c1cccc(N2C(=O)C3C=CC=CC3=NC2=S)c1. The number of allylic oxidation sites excluding steroid dienone is 3. The molecule has 1 unspecified atom stereocenters. The van der Waals surface area contributed by atoms with Crippen LogP contribution in [0, 0.1) is 5.92 Å². The minimum Gasteiger partial charge on any atom is -0.462 e. The van der Waals surface area contributed by atoms with Crippen LogP contribution < -0.4 is 4.90 Å². The highest BCUT2D eigenvalue weighted by molar-refractivity contribution is 7.80. The zero-order valence-corrected chi connectivity index (χ0v) is 13.2. The van der Waals surface area contributed by atoms with Gasteiger partial charge in [0, 0.05) is 0 Å². The molecule has 0 spiro atoms. The standard InChI is InChI=1S/C17H14N2O3S/c1-2-22-16(21)11-6-5-7-12(10-11)19-15(20)13-8-3-4-9-14(13)18-17(19)23/h3-10,13H,2H2,1H3. The van der Waals surface area contributed by atoms with Crippen molar-refractivity contribution in [1.29, 1.82) is 0 Å². The van der Waals surface area contributed by atoms with Crippen molar-refractivity contribution >= 4 is 40.6 Å². The molecular weight excluding hydrogens is 312 g/mol. The number of fused-ring (bicyclic) bond motifs is 1. The number of rotatable bonds is 3. The van der Waals surface area contributed by atoms with Crippen molar-refractivity contribution < 1.29 is 14.3 Å². The van der Waals surface area contributed by atoms with Gasteiger partial charge in [-0.15, -0.1) is 0 Å². The second kappa shape index (κ2) is 6.26. The molecule has 1 aromatic carbocycles. The summed E-state index contributed by atoms with van der Waals surface area (Å²) in [6, 6.07) is 6.63. The number of carbonyl (C=O) groups excluding carboxylic acids is 2. The smallest absolute Gasteiger partial charge is 0.338 e. The zero-order chi connectivity index (χ0) is 16.4. The van der Waals surface area contributed by atoms with E-state index >= 15 is 0 Å². The number of hydrogen-bond donors (Lipinski definition) is 0. The van der Waals surface area contributed by atoms with Crippen molar-refractivity contribution in [2.75, 3.05) is 11.5 Å². The minimum atomic E-state index is -0.446. The summed E-state index contributed by atoms with van der Waals surface area (Å²) >= 11 is 5.26. The fourth-order valence-electron chi connectivity index (χ4n) is 2.47. The first-order valence-electron chi connectivity index (χ1n) is 7.20. The lowest BCUT2D eigenvalue weighted by molar-refractivity contribution is -0.118. The average Bonchev–Trinajstić information content (AvgIpc) is 2.55. The Morgan fingerprint density at radius 2 is 2.22 bits per heavy atom. The van der Waals surface area contributed by atoms with Gasteiger partial charge in [-0.2, -0.15) is 0 Å². The molecule has 1 amide bonds. The van der Waals surface area contributed by atoms with Gasteiger partial charge < -0.3 is 4.74 Å². The molecule has 0 saturated carbocycles. The third kappa shape index (κ3) is 2.85. The van der Waals surface area contributed by atoms with Crippen LogP contribution in [-0.2, 0) is 9.53 Å². The van der Waals surface area contributed by atoms with Gasteiger partial charge in [0.15, 0.2) is 0 Å². The van der Waals surface area contributed by atoms with E-state index in [4.69, 9.17) is 17.0 Å². The average molecular weight is 326 g/mol. The molecule has 116 valence electrons. The summed E-state index contributed by atoms with van der Waals surface area (Å²) in [5.74, 6) is -1.06. The molecule has 6 heteroatoms. The van der Waals surface area contributed by atoms with Gasteiger partial charge in [-0.05, 0) is 43.4 Å². The Kier molecular flexibility index (Phi) is 4.16. The van der Waals surface area contributed by atoms with Crippen LogP contribution in [-0.4, -0.2) is 29.3 Å². The molecular formula is C17H14N2O3S. The van der Waals surface area contributed by atoms with Gasteiger partial charge in [-0.1, -0.05) is 24.3 Å². The van der Waals surface area contributed by atoms with Crippen LogP contribution in [0.4, 0.5) is 5.69 Å². The second-order valence-corrected chi connectivity index (χ2v) is 5.35. The number of benzene rings is 1. The minimum absolute atomic E-state index is 0.169. The van der Waals surface area contributed by atoms with Crippen molar-refractivity contribution in [2.45, 2.75) is 6.92 Å². The van der Waals surface area contributed by atoms with Gasteiger partial charge >= 0.3 is 5.97 Å². The maximum atomic E-state index is 12.7. The van der Waals surface area contributed by atoms with Crippen molar-refractivity contribution in [3.05, 3.63) is 54.1 Å². The Morgan fingerprint density at radius 1 is 1.39 bits per heavy atom. The van der Waals surface area contributed by atoms with Crippen LogP contribution >= 0.6 is 12.2 Å². The van der Waals surface area contributed by atoms with E-state index in [1.54, 1.807) is 43.3 Å².